The Morgan fingerprint density at radius 1 is 1.26 bits per heavy atom. The van der Waals surface area contributed by atoms with E-state index in [1.807, 2.05) is 49.4 Å². The summed E-state index contributed by atoms with van der Waals surface area (Å²) in [5.74, 6) is 0.780. The fourth-order valence-electron chi connectivity index (χ4n) is 3.09. The van der Waals surface area contributed by atoms with Crippen LogP contribution in [-0.4, -0.2) is 18.4 Å². The fraction of sp³-hybridized carbons (Fsp3) is 0.333. The number of nitrogens with one attached hydrogen (secondary N) is 2. The molecule has 142 valence electrons. The Balaban J connectivity index is 1.42. The number of benzene rings is 2. The molecule has 2 aromatic carbocycles. The molecule has 0 bridgehead atoms. The Kier molecular flexibility index (Phi) is 6.35. The molecule has 1 aliphatic rings. The average molecular weight is 387 g/mol. The molecule has 1 heterocycles. The zero-order valence-corrected chi connectivity index (χ0v) is 16.0. The van der Waals surface area contributed by atoms with Crippen molar-refractivity contribution in [2.45, 2.75) is 38.6 Å². The number of amides is 2. The summed E-state index contributed by atoms with van der Waals surface area (Å²) in [6.07, 6.45) is 2.23. The molecule has 2 aromatic rings. The molecule has 3 rings (SSSR count). The van der Waals surface area contributed by atoms with E-state index in [-0.39, 0.29) is 17.9 Å². The number of hydrogen-bond acceptors (Lipinski definition) is 3. The van der Waals surface area contributed by atoms with Crippen LogP contribution in [0.1, 0.15) is 43.4 Å². The van der Waals surface area contributed by atoms with E-state index in [1.165, 1.54) is 0 Å². The minimum absolute atomic E-state index is 0.0285. The summed E-state index contributed by atoms with van der Waals surface area (Å²) in [4.78, 5) is 23.5. The van der Waals surface area contributed by atoms with E-state index in [4.69, 9.17) is 16.3 Å². The molecular formula is C21H23ClN2O3. The first-order valence-corrected chi connectivity index (χ1v) is 9.50. The Morgan fingerprint density at radius 2 is 2.07 bits per heavy atom. The Morgan fingerprint density at radius 3 is 2.89 bits per heavy atom. The van der Waals surface area contributed by atoms with Gasteiger partial charge in [-0.15, -0.1) is 0 Å². The van der Waals surface area contributed by atoms with Crippen LogP contribution in [0, 0.1) is 0 Å². The zero-order valence-electron chi connectivity index (χ0n) is 15.3. The molecule has 1 aliphatic heterocycles. The first kappa shape index (κ1) is 19.2. The summed E-state index contributed by atoms with van der Waals surface area (Å²) in [5.41, 5.74) is 2.84. The molecule has 0 aromatic heterocycles. The largest absolute Gasteiger partial charge is 0.494 e. The number of rotatable bonds is 7. The van der Waals surface area contributed by atoms with Gasteiger partial charge in [-0.3, -0.25) is 9.59 Å². The van der Waals surface area contributed by atoms with Crippen molar-refractivity contribution in [2.75, 3.05) is 11.9 Å². The van der Waals surface area contributed by atoms with Crippen LogP contribution in [0.2, 0.25) is 5.02 Å². The average Bonchev–Trinajstić information content (AvgIpc) is 2.65. The molecule has 2 N–H and O–H groups in total. The van der Waals surface area contributed by atoms with Crippen LogP contribution in [0.25, 0.3) is 0 Å². The predicted molar refractivity (Wildman–Crippen MR) is 106 cm³/mol. The van der Waals surface area contributed by atoms with E-state index in [0.717, 1.165) is 29.0 Å². The van der Waals surface area contributed by atoms with Crippen molar-refractivity contribution >= 4 is 29.1 Å². The summed E-state index contributed by atoms with van der Waals surface area (Å²) in [7, 11) is 0. The highest BCUT2D eigenvalue weighted by atomic mass is 35.5. The standard InChI is InChI=1S/C21H23ClN2O3/c1-14(17-5-2-3-6-18(17)22)23-20(25)7-4-12-27-16-9-10-19-15(13-16)8-11-21(26)24-19/h2-3,5-6,9-10,13-14H,4,7-8,11-12H2,1H3,(H,23,25)(H,24,26). The first-order valence-electron chi connectivity index (χ1n) is 9.12. The van der Waals surface area contributed by atoms with Gasteiger partial charge in [-0.1, -0.05) is 29.8 Å². The lowest BCUT2D eigenvalue weighted by atomic mass is 10.0. The van der Waals surface area contributed by atoms with Gasteiger partial charge in [0.25, 0.3) is 0 Å². The summed E-state index contributed by atoms with van der Waals surface area (Å²) in [6, 6.07) is 13.0. The minimum Gasteiger partial charge on any atom is -0.494 e. The molecule has 1 unspecified atom stereocenters. The number of hydrogen-bond donors (Lipinski definition) is 2. The Bertz CT molecular complexity index is 838. The predicted octanol–water partition coefficient (Wildman–Crippen LogP) is 4.26. The minimum atomic E-state index is -0.136. The van der Waals surface area contributed by atoms with Gasteiger partial charge in [-0.05, 0) is 55.2 Å². The van der Waals surface area contributed by atoms with Gasteiger partial charge in [-0.2, -0.15) is 0 Å². The van der Waals surface area contributed by atoms with Crippen LogP contribution in [0.15, 0.2) is 42.5 Å². The lowest BCUT2D eigenvalue weighted by molar-refractivity contribution is -0.122. The maximum atomic E-state index is 12.1. The molecule has 6 heteroatoms. The van der Waals surface area contributed by atoms with Crippen molar-refractivity contribution < 1.29 is 14.3 Å². The van der Waals surface area contributed by atoms with Gasteiger partial charge in [0.2, 0.25) is 11.8 Å². The monoisotopic (exact) mass is 386 g/mol. The van der Waals surface area contributed by atoms with Crippen molar-refractivity contribution in [2.24, 2.45) is 0 Å². The fourth-order valence-corrected chi connectivity index (χ4v) is 3.39. The summed E-state index contributed by atoms with van der Waals surface area (Å²) in [5, 5.41) is 6.46. The van der Waals surface area contributed by atoms with Crippen LogP contribution in [0.3, 0.4) is 0 Å². The number of fused-ring (bicyclic) bond motifs is 1. The summed E-state index contributed by atoms with van der Waals surface area (Å²) in [6.45, 7) is 2.38. The normalized spacial score (nSPS) is 14.1. The van der Waals surface area contributed by atoms with Gasteiger partial charge in [0.15, 0.2) is 0 Å². The maximum Gasteiger partial charge on any atom is 0.224 e. The van der Waals surface area contributed by atoms with Gasteiger partial charge in [-0.25, -0.2) is 0 Å². The number of halogens is 1. The highest BCUT2D eigenvalue weighted by molar-refractivity contribution is 6.31. The Labute approximate surface area is 164 Å². The topological polar surface area (TPSA) is 67.4 Å². The number of carbonyl (C=O) groups excluding carboxylic acids is 2. The quantitative estimate of drug-likeness (QED) is 0.698. The second kappa shape index (κ2) is 8.91. The van der Waals surface area contributed by atoms with E-state index < -0.39 is 0 Å². The van der Waals surface area contributed by atoms with Crippen LogP contribution in [-0.2, 0) is 16.0 Å². The van der Waals surface area contributed by atoms with Gasteiger partial charge in [0, 0.05) is 23.6 Å². The van der Waals surface area contributed by atoms with Crippen LogP contribution in [0.4, 0.5) is 5.69 Å². The second-order valence-electron chi connectivity index (χ2n) is 6.63. The van der Waals surface area contributed by atoms with E-state index in [1.54, 1.807) is 0 Å². The molecule has 0 fully saturated rings. The van der Waals surface area contributed by atoms with Crippen molar-refractivity contribution in [3.8, 4) is 5.75 Å². The number of aryl methyl sites for hydroxylation is 1. The molecule has 1 atom stereocenters. The van der Waals surface area contributed by atoms with Crippen molar-refractivity contribution in [1.29, 1.82) is 0 Å². The van der Waals surface area contributed by atoms with Gasteiger partial charge in [0.1, 0.15) is 5.75 Å². The van der Waals surface area contributed by atoms with Crippen molar-refractivity contribution in [3.05, 3.63) is 58.6 Å². The number of anilines is 1. The molecule has 0 saturated heterocycles. The van der Waals surface area contributed by atoms with Crippen LogP contribution in [0.5, 0.6) is 5.75 Å². The van der Waals surface area contributed by atoms with E-state index in [2.05, 4.69) is 10.6 Å². The van der Waals surface area contributed by atoms with Gasteiger partial charge >= 0.3 is 0 Å². The third-order valence-corrected chi connectivity index (χ3v) is 4.88. The smallest absolute Gasteiger partial charge is 0.224 e. The molecule has 27 heavy (non-hydrogen) atoms. The second-order valence-corrected chi connectivity index (χ2v) is 7.04. The molecule has 0 spiro atoms. The molecule has 0 radical (unpaired) electrons. The molecular weight excluding hydrogens is 364 g/mol. The van der Waals surface area contributed by atoms with Crippen LogP contribution >= 0.6 is 11.6 Å². The summed E-state index contributed by atoms with van der Waals surface area (Å²) < 4.78 is 5.74. The lowest BCUT2D eigenvalue weighted by Crippen LogP contribution is -2.26. The highest BCUT2D eigenvalue weighted by Crippen LogP contribution is 2.27. The molecule has 2 amide bonds. The SMILES string of the molecule is CC(NC(=O)CCCOc1ccc2c(c1)CCC(=O)N2)c1ccccc1Cl. The third-order valence-electron chi connectivity index (χ3n) is 4.54. The van der Waals surface area contributed by atoms with E-state index >= 15 is 0 Å². The van der Waals surface area contributed by atoms with Crippen molar-refractivity contribution in [1.82, 2.24) is 5.32 Å². The third kappa shape index (κ3) is 5.23. The number of carbonyl (C=O) groups is 2. The zero-order chi connectivity index (χ0) is 19.2. The van der Waals surface area contributed by atoms with Gasteiger partial charge < -0.3 is 15.4 Å². The summed E-state index contributed by atoms with van der Waals surface area (Å²) >= 11 is 6.16. The molecule has 0 aliphatic carbocycles. The lowest BCUT2D eigenvalue weighted by Gasteiger charge is -2.18. The number of ether oxygens (including phenoxy) is 1. The van der Waals surface area contributed by atoms with Gasteiger partial charge in [0.05, 0.1) is 12.6 Å². The molecule has 0 saturated carbocycles. The van der Waals surface area contributed by atoms with E-state index in [9.17, 15) is 9.59 Å². The van der Waals surface area contributed by atoms with E-state index in [0.29, 0.717) is 30.9 Å². The van der Waals surface area contributed by atoms with Crippen molar-refractivity contribution in [3.63, 3.8) is 0 Å². The maximum absolute atomic E-state index is 12.1. The highest BCUT2D eigenvalue weighted by Gasteiger charge is 2.15. The van der Waals surface area contributed by atoms with Crippen LogP contribution < -0.4 is 15.4 Å². The molecule has 5 nitrogen and oxygen atoms in total. The first-order chi connectivity index (χ1) is 13.0. The Hall–Kier alpha value is -2.53.